The lowest BCUT2D eigenvalue weighted by Gasteiger charge is -1.94. The fourth-order valence-corrected chi connectivity index (χ4v) is 1.90. The highest BCUT2D eigenvalue weighted by atomic mass is 35.5. The Hall–Kier alpha value is -1.62. The topological polar surface area (TPSA) is 69.6 Å². The first-order valence-corrected chi connectivity index (χ1v) is 5.43. The molecule has 0 unspecified atom stereocenters. The average Bonchev–Trinajstić information content (AvgIpc) is 3.02. The van der Waals surface area contributed by atoms with Crippen molar-refractivity contribution in [2.75, 3.05) is 5.73 Å². The lowest BCUT2D eigenvalue weighted by molar-refractivity contribution is 0.893. The van der Waals surface area contributed by atoms with Gasteiger partial charge in [-0.3, -0.25) is 0 Å². The molecule has 2 heterocycles. The summed E-state index contributed by atoms with van der Waals surface area (Å²) in [5, 5.41) is 4.18. The molecule has 1 fully saturated rings. The van der Waals surface area contributed by atoms with Gasteiger partial charge in [0.1, 0.15) is 11.5 Å². The van der Waals surface area contributed by atoms with Gasteiger partial charge in [-0.1, -0.05) is 0 Å². The standard InChI is InChI=1S/C10H10ClN5/c11-16-8(6-1-2-6)5-7(15-16)10-13-4-3-9(12)14-10/h3-6H,1-2H2,(H2,12,13,14). The molecular formula is C10H10ClN5. The van der Waals surface area contributed by atoms with Crippen LogP contribution in [-0.2, 0) is 0 Å². The van der Waals surface area contributed by atoms with Gasteiger partial charge in [0, 0.05) is 23.9 Å². The minimum Gasteiger partial charge on any atom is -0.384 e. The number of hydrogen-bond acceptors (Lipinski definition) is 4. The van der Waals surface area contributed by atoms with Gasteiger partial charge >= 0.3 is 0 Å². The SMILES string of the molecule is Nc1ccnc(-c2cc(C3CC3)n(Cl)n2)n1. The lowest BCUT2D eigenvalue weighted by Crippen LogP contribution is -1.95. The monoisotopic (exact) mass is 235 g/mol. The molecule has 0 amide bonds. The van der Waals surface area contributed by atoms with Crippen LogP contribution in [0.2, 0.25) is 0 Å². The molecule has 1 aliphatic carbocycles. The van der Waals surface area contributed by atoms with E-state index in [1.54, 1.807) is 12.3 Å². The zero-order valence-electron chi connectivity index (χ0n) is 8.47. The highest BCUT2D eigenvalue weighted by Crippen LogP contribution is 2.41. The highest BCUT2D eigenvalue weighted by molar-refractivity contribution is 6.15. The molecule has 3 rings (SSSR count). The Labute approximate surface area is 97.4 Å². The molecule has 2 aromatic rings. The van der Waals surface area contributed by atoms with Gasteiger partial charge in [-0.05, 0) is 25.0 Å². The van der Waals surface area contributed by atoms with Gasteiger partial charge in [0.2, 0.25) is 0 Å². The van der Waals surface area contributed by atoms with E-state index in [1.807, 2.05) is 6.07 Å². The third-order valence-electron chi connectivity index (χ3n) is 2.60. The summed E-state index contributed by atoms with van der Waals surface area (Å²) in [6.45, 7) is 0. The molecule has 82 valence electrons. The van der Waals surface area contributed by atoms with Crippen LogP contribution in [0.5, 0.6) is 0 Å². The van der Waals surface area contributed by atoms with Crippen molar-refractivity contribution in [3.05, 3.63) is 24.0 Å². The molecule has 5 nitrogen and oxygen atoms in total. The van der Waals surface area contributed by atoms with E-state index in [-0.39, 0.29) is 0 Å². The maximum atomic E-state index is 5.99. The first kappa shape index (κ1) is 9.59. The van der Waals surface area contributed by atoms with Crippen molar-refractivity contribution < 1.29 is 0 Å². The maximum Gasteiger partial charge on any atom is 0.182 e. The molecule has 0 bridgehead atoms. The second kappa shape index (κ2) is 3.45. The Bertz CT molecular complexity index is 532. The first-order chi connectivity index (χ1) is 7.74. The number of aromatic nitrogens is 4. The van der Waals surface area contributed by atoms with Gasteiger partial charge < -0.3 is 5.73 Å². The molecule has 16 heavy (non-hydrogen) atoms. The molecule has 0 atom stereocenters. The van der Waals surface area contributed by atoms with Gasteiger partial charge in [0.05, 0.1) is 5.69 Å². The fraction of sp³-hybridized carbons (Fsp3) is 0.300. The van der Waals surface area contributed by atoms with E-state index in [0.29, 0.717) is 23.3 Å². The minimum absolute atomic E-state index is 0.432. The summed E-state index contributed by atoms with van der Waals surface area (Å²) in [4.78, 5) is 8.23. The Morgan fingerprint density at radius 1 is 1.44 bits per heavy atom. The van der Waals surface area contributed by atoms with Crippen LogP contribution in [0.4, 0.5) is 5.82 Å². The van der Waals surface area contributed by atoms with Gasteiger partial charge in [0.25, 0.3) is 0 Å². The molecule has 1 saturated carbocycles. The second-order valence-electron chi connectivity index (χ2n) is 3.89. The molecule has 0 aliphatic heterocycles. The molecule has 0 aromatic carbocycles. The highest BCUT2D eigenvalue weighted by Gasteiger charge is 2.28. The summed E-state index contributed by atoms with van der Waals surface area (Å²) < 4.78 is 1.39. The zero-order valence-corrected chi connectivity index (χ0v) is 9.22. The summed E-state index contributed by atoms with van der Waals surface area (Å²) in [5.41, 5.74) is 7.30. The van der Waals surface area contributed by atoms with E-state index in [4.69, 9.17) is 17.5 Å². The van der Waals surface area contributed by atoms with E-state index >= 15 is 0 Å². The first-order valence-electron chi connectivity index (χ1n) is 5.09. The van der Waals surface area contributed by atoms with Crippen molar-refractivity contribution in [3.63, 3.8) is 0 Å². The van der Waals surface area contributed by atoms with Crippen LogP contribution in [0, 0.1) is 0 Å². The summed E-state index contributed by atoms with van der Waals surface area (Å²) in [6, 6.07) is 3.57. The molecule has 0 saturated heterocycles. The van der Waals surface area contributed by atoms with Crippen molar-refractivity contribution in [2.45, 2.75) is 18.8 Å². The van der Waals surface area contributed by atoms with Crippen LogP contribution < -0.4 is 5.73 Å². The number of hydrogen-bond donors (Lipinski definition) is 1. The molecule has 0 spiro atoms. The molecule has 2 aromatic heterocycles. The third kappa shape index (κ3) is 1.63. The zero-order chi connectivity index (χ0) is 11.1. The Balaban J connectivity index is 2.03. The summed E-state index contributed by atoms with van der Waals surface area (Å²) in [7, 11) is 0. The minimum atomic E-state index is 0.432. The van der Waals surface area contributed by atoms with Crippen molar-refractivity contribution in [1.29, 1.82) is 0 Å². The number of rotatable bonds is 2. The van der Waals surface area contributed by atoms with Crippen LogP contribution in [-0.4, -0.2) is 19.3 Å². The van der Waals surface area contributed by atoms with Crippen molar-refractivity contribution in [2.24, 2.45) is 0 Å². The van der Waals surface area contributed by atoms with Crippen LogP contribution in [0.3, 0.4) is 0 Å². The van der Waals surface area contributed by atoms with Crippen molar-refractivity contribution in [1.82, 2.24) is 19.3 Å². The van der Waals surface area contributed by atoms with Gasteiger partial charge in [-0.25, -0.2) is 9.97 Å². The number of nitrogen functional groups attached to an aromatic ring is 1. The van der Waals surface area contributed by atoms with Crippen molar-refractivity contribution in [3.8, 4) is 11.5 Å². The summed E-state index contributed by atoms with van der Waals surface area (Å²) >= 11 is 5.99. The predicted octanol–water partition coefficient (Wildman–Crippen LogP) is 1.80. The Morgan fingerprint density at radius 2 is 2.25 bits per heavy atom. The van der Waals surface area contributed by atoms with Gasteiger partial charge in [0.15, 0.2) is 5.82 Å². The quantitative estimate of drug-likeness (QED) is 0.862. The third-order valence-corrected chi connectivity index (χ3v) is 2.87. The molecule has 6 heteroatoms. The summed E-state index contributed by atoms with van der Waals surface area (Å²) in [6.07, 6.45) is 3.97. The second-order valence-corrected chi connectivity index (χ2v) is 4.21. The van der Waals surface area contributed by atoms with E-state index < -0.39 is 0 Å². The number of halogens is 1. The van der Waals surface area contributed by atoms with Crippen LogP contribution in [0.1, 0.15) is 24.5 Å². The van der Waals surface area contributed by atoms with Crippen LogP contribution in [0.25, 0.3) is 11.5 Å². The smallest absolute Gasteiger partial charge is 0.182 e. The lowest BCUT2D eigenvalue weighted by atomic mass is 10.2. The fourth-order valence-electron chi connectivity index (χ4n) is 1.63. The Morgan fingerprint density at radius 3 is 2.94 bits per heavy atom. The molecule has 1 aliphatic rings. The largest absolute Gasteiger partial charge is 0.384 e. The number of nitrogens with two attached hydrogens (primary N) is 1. The molecule has 0 radical (unpaired) electrons. The van der Waals surface area contributed by atoms with Crippen LogP contribution in [0.15, 0.2) is 18.3 Å². The maximum absolute atomic E-state index is 5.99. The van der Waals surface area contributed by atoms with E-state index in [9.17, 15) is 0 Å². The van der Waals surface area contributed by atoms with E-state index in [0.717, 1.165) is 5.69 Å². The van der Waals surface area contributed by atoms with E-state index in [2.05, 4.69) is 15.1 Å². The number of anilines is 1. The van der Waals surface area contributed by atoms with Gasteiger partial charge in [-0.15, -0.1) is 0 Å². The normalized spacial score (nSPS) is 15.3. The predicted molar refractivity (Wildman–Crippen MR) is 60.9 cm³/mol. The van der Waals surface area contributed by atoms with Gasteiger partial charge in [-0.2, -0.15) is 9.30 Å². The average molecular weight is 236 g/mol. The van der Waals surface area contributed by atoms with Crippen molar-refractivity contribution >= 4 is 17.6 Å². The molecule has 2 N–H and O–H groups in total. The molecular weight excluding hydrogens is 226 g/mol. The summed E-state index contributed by atoms with van der Waals surface area (Å²) in [5.74, 6) is 1.49. The Kier molecular flexibility index (Phi) is 2.07. The van der Waals surface area contributed by atoms with E-state index in [1.165, 1.54) is 17.0 Å². The number of nitrogens with zero attached hydrogens (tertiary/aromatic N) is 4. The van der Waals surface area contributed by atoms with Crippen LogP contribution >= 0.6 is 11.8 Å².